The third-order valence-electron chi connectivity index (χ3n) is 7.31. The van der Waals surface area contributed by atoms with Crippen molar-refractivity contribution in [3.05, 3.63) is 34.3 Å². The predicted molar refractivity (Wildman–Crippen MR) is 141 cm³/mol. The normalized spacial score (nSPS) is 17.2. The maximum Gasteiger partial charge on any atom is 0.270 e. The first-order valence-electron chi connectivity index (χ1n) is 12.8. The molecule has 1 unspecified atom stereocenters. The van der Waals surface area contributed by atoms with Gasteiger partial charge in [-0.1, -0.05) is 44.2 Å². The second-order valence-electron chi connectivity index (χ2n) is 9.62. The SMILES string of the molecule is COc1cccc(C(C(=O)NC2CCCCC2)N(C(=O)c2snc(C(N)=O)c2N)C2CCCC2)c1OC. The molecule has 5 N–H and O–H groups in total. The van der Waals surface area contributed by atoms with Crippen LogP contribution in [0.15, 0.2) is 18.2 Å². The van der Waals surface area contributed by atoms with Crippen LogP contribution in [0.5, 0.6) is 11.5 Å². The number of nitrogens with zero attached hydrogens (tertiary/aromatic N) is 2. The van der Waals surface area contributed by atoms with Crippen LogP contribution >= 0.6 is 11.5 Å². The summed E-state index contributed by atoms with van der Waals surface area (Å²) in [5, 5.41) is 3.21. The van der Waals surface area contributed by atoms with Gasteiger partial charge in [-0.05, 0) is 43.3 Å². The van der Waals surface area contributed by atoms with Gasteiger partial charge in [-0.15, -0.1) is 0 Å². The smallest absolute Gasteiger partial charge is 0.270 e. The van der Waals surface area contributed by atoms with Crippen LogP contribution in [0.25, 0.3) is 0 Å². The van der Waals surface area contributed by atoms with E-state index in [1.165, 1.54) is 14.2 Å². The van der Waals surface area contributed by atoms with Crippen molar-refractivity contribution in [2.45, 2.75) is 75.9 Å². The number of nitrogens with one attached hydrogen (secondary N) is 1. The lowest BCUT2D eigenvalue weighted by Gasteiger charge is -2.37. The molecule has 1 aromatic heterocycles. The average Bonchev–Trinajstić information content (AvgIpc) is 3.56. The van der Waals surface area contributed by atoms with Crippen LogP contribution in [0.4, 0.5) is 5.69 Å². The van der Waals surface area contributed by atoms with E-state index in [2.05, 4.69) is 9.69 Å². The molecule has 2 aliphatic rings. The van der Waals surface area contributed by atoms with Gasteiger partial charge in [-0.25, -0.2) is 0 Å². The van der Waals surface area contributed by atoms with E-state index in [0.29, 0.717) is 17.1 Å². The van der Waals surface area contributed by atoms with E-state index in [1.807, 2.05) is 0 Å². The monoisotopic (exact) mass is 529 g/mol. The van der Waals surface area contributed by atoms with E-state index < -0.39 is 17.9 Å². The number of anilines is 1. The molecule has 0 aliphatic heterocycles. The van der Waals surface area contributed by atoms with Crippen LogP contribution in [-0.4, -0.2) is 53.3 Å². The Kier molecular flexibility index (Phi) is 8.52. The number of methoxy groups -OCH3 is 2. The first-order valence-corrected chi connectivity index (χ1v) is 13.5. The summed E-state index contributed by atoms with van der Waals surface area (Å²) in [5.41, 5.74) is 11.9. The Morgan fingerprint density at radius 2 is 1.73 bits per heavy atom. The topological polar surface area (TPSA) is 150 Å². The van der Waals surface area contributed by atoms with Crippen molar-refractivity contribution in [2.75, 3.05) is 20.0 Å². The van der Waals surface area contributed by atoms with Gasteiger partial charge in [0.15, 0.2) is 17.2 Å². The van der Waals surface area contributed by atoms with E-state index in [1.54, 1.807) is 23.1 Å². The molecule has 0 bridgehead atoms. The molecular formula is C26H35N5O5S. The van der Waals surface area contributed by atoms with E-state index in [4.69, 9.17) is 20.9 Å². The second kappa shape index (κ2) is 11.8. The maximum absolute atomic E-state index is 14.2. The molecule has 2 aliphatic carbocycles. The minimum absolute atomic E-state index is 0.0378. The fourth-order valence-corrected chi connectivity index (χ4v) is 6.24. The molecular weight excluding hydrogens is 494 g/mol. The number of ether oxygens (including phenoxy) is 2. The molecule has 2 saturated carbocycles. The van der Waals surface area contributed by atoms with Crippen LogP contribution in [0.3, 0.4) is 0 Å². The zero-order valence-electron chi connectivity index (χ0n) is 21.3. The number of amides is 3. The Labute approximate surface area is 220 Å². The highest BCUT2D eigenvalue weighted by Crippen LogP contribution is 2.41. The molecule has 1 heterocycles. The summed E-state index contributed by atoms with van der Waals surface area (Å²) < 4.78 is 15.3. The van der Waals surface area contributed by atoms with Gasteiger partial charge in [-0.3, -0.25) is 14.4 Å². The lowest BCUT2D eigenvalue weighted by atomic mass is 9.94. The summed E-state index contributed by atoms with van der Waals surface area (Å²) in [6, 6.07) is 4.15. The molecule has 2 fully saturated rings. The third-order valence-corrected chi connectivity index (χ3v) is 8.17. The molecule has 3 amide bonds. The van der Waals surface area contributed by atoms with Crippen LogP contribution in [0.1, 0.15) is 89.6 Å². The minimum atomic E-state index is -0.999. The van der Waals surface area contributed by atoms with Gasteiger partial charge in [0, 0.05) is 17.6 Å². The molecule has 1 atom stereocenters. The van der Waals surface area contributed by atoms with Crippen molar-refractivity contribution >= 4 is 34.9 Å². The maximum atomic E-state index is 14.2. The van der Waals surface area contributed by atoms with Crippen molar-refractivity contribution in [3.8, 4) is 11.5 Å². The lowest BCUT2D eigenvalue weighted by Crippen LogP contribution is -2.50. The predicted octanol–water partition coefficient (Wildman–Crippen LogP) is 3.42. The van der Waals surface area contributed by atoms with E-state index in [9.17, 15) is 14.4 Å². The van der Waals surface area contributed by atoms with Crippen molar-refractivity contribution in [1.82, 2.24) is 14.6 Å². The van der Waals surface area contributed by atoms with Crippen LogP contribution in [-0.2, 0) is 4.79 Å². The molecule has 200 valence electrons. The molecule has 0 spiro atoms. The quantitative estimate of drug-likeness (QED) is 0.450. The number of para-hydroxylation sites is 1. The summed E-state index contributed by atoms with van der Waals surface area (Å²) >= 11 is 0.823. The van der Waals surface area contributed by atoms with Crippen molar-refractivity contribution < 1.29 is 23.9 Å². The highest BCUT2D eigenvalue weighted by molar-refractivity contribution is 7.09. The molecule has 1 aromatic carbocycles. The summed E-state index contributed by atoms with van der Waals surface area (Å²) in [5.74, 6) is -0.691. The van der Waals surface area contributed by atoms with Crippen LogP contribution < -0.4 is 26.3 Å². The minimum Gasteiger partial charge on any atom is -0.493 e. The molecule has 0 saturated heterocycles. The Morgan fingerprint density at radius 3 is 2.32 bits per heavy atom. The van der Waals surface area contributed by atoms with E-state index in [-0.39, 0.29) is 34.2 Å². The number of rotatable bonds is 9. The summed E-state index contributed by atoms with van der Waals surface area (Å²) in [6.45, 7) is 0. The molecule has 0 radical (unpaired) electrons. The number of hydrogen-bond acceptors (Lipinski definition) is 8. The van der Waals surface area contributed by atoms with Gasteiger partial charge in [-0.2, -0.15) is 4.37 Å². The van der Waals surface area contributed by atoms with E-state index >= 15 is 0 Å². The Bertz CT molecular complexity index is 1140. The van der Waals surface area contributed by atoms with Crippen LogP contribution in [0, 0.1) is 0 Å². The second-order valence-corrected chi connectivity index (χ2v) is 10.4. The molecule has 2 aromatic rings. The molecule has 37 heavy (non-hydrogen) atoms. The number of primary amides is 1. The van der Waals surface area contributed by atoms with Gasteiger partial charge >= 0.3 is 0 Å². The number of benzene rings is 1. The van der Waals surface area contributed by atoms with Crippen molar-refractivity contribution in [3.63, 3.8) is 0 Å². The Balaban J connectivity index is 1.83. The fourth-order valence-electron chi connectivity index (χ4n) is 5.49. The lowest BCUT2D eigenvalue weighted by molar-refractivity contribution is -0.127. The number of carbonyl (C=O) groups excluding carboxylic acids is 3. The fraction of sp³-hybridized carbons (Fsp3) is 0.538. The highest BCUT2D eigenvalue weighted by Gasteiger charge is 2.42. The first-order chi connectivity index (χ1) is 17.9. The molecule has 4 rings (SSSR count). The number of nitrogens with two attached hydrogens (primary N) is 2. The number of nitrogen functional groups attached to an aromatic ring is 1. The van der Waals surface area contributed by atoms with Gasteiger partial charge in [0.05, 0.1) is 19.9 Å². The largest absolute Gasteiger partial charge is 0.493 e. The molecule has 10 nitrogen and oxygen atoms in total. The summed E-state index contributed by atoms with van der Waals surface area (Å²) in [4.78, 5) is 41.8. The van der Waals surface area contributed by atoms with Crippen LogP contribution in [0.2, 0.25) is 0 Å². The van der Waals surface area contributed by atoms with Gasteiger partial charge in [0.25, 0.3) is 11.8 Å². The Morgan fingerprint density at radius 1 is 1.05 bits per heavy atom. The van der Waals surface area contributed by atoms with Crippen molar-refractivity contribution in [1.29, 1.82) is 0 Å². The average molecular weight is 530 g/mol. The number of aromatic nitrogens is 1. The van der Waals surface area contributed by atoms with Crippen molar-refractivity contribution in [2.24, 2.45) is 5.73 Å². The number of carbonyl (C=O) groups is 3. The summed E-state index contributed by atoms with van der Waals surface area (Å²) in [6.07, 6.45) is 8.41. The number of hydrogen-bond donors (Lipinski definition) is 3. The zero-order valence-corrected chi connectivity index (χ0v) is 22.1. The standard InChI is InChI=1S/C26H35N5O5S/c1-35-18-14-8-13-17(22(18)36-2)21(25(33)29-15-9-4-3-5-10-15)31(16-11-6-7-12-16)26(34)23-19(27)20(24(28)32)30-37-23/h8,13-16,21H,3-7,9-12,27H2,1-2H3,(H2,28,32)(H,29,33). The highest BCUT2D eigenvalue weighted by atomic mass is 32.1. The van der Waals surface area contributed by atoms with Gasteiger partial charge in [0.1, 0.15) is 10.9 Å². The summed E-state index contributed by atoms with van der Waals surface area (Å²) in [7, 11) is 3.04. The van der Waals surface area contributed by atoms with E-state index in [0.717, 1.165) is 69.3 Å². The third kappa shape index (κ3) is 5.51. The van der Waals surface area contributed by atoms with Gasteiger partial charge in [0.2, 0.25) is 5.91 Å². The zero-order chi connectivity index (χ0) is 26.5. The first kappa shape index (κ1) is 26.7. The Hall–Kier alpha value is -3.34. The molecule has 11 heteroatoms. The van der Waals surface area contributed by atoms with Gasteiger partial charge < -0.3 is 31.2 Å².